The van der Waals surface area contributed by atoms with E-state index < -0.39 is 0 Å². The number of halogens is 2. The zero-order valence-corrected chi connectivity index (χ0v) is 20.2. The Kier molecular flexibility index (Phi) is 10.3. The standard InChI is InChI=1S/C21H32FN5O2.HI/c1-23-21(24-15-19(29-2)17-5-7-18(22)8-6-17)27-13-11-25(12-14-27)16-20(28)26-9-3-4-10-26;/h5-8,19H,3-4,9-16H2,1-2H3,(H,23,24);1H. The minimum absolute atomic E-state index is 0. The molecule has 1 aromatic carbocycles. The van der Waals surface area contributed by atoms with Crippen molar-refractivity contribution >= 4 is 35.8 Å². The number of carbonyl (C=O) groups excluding carboxylic acids is 1. The fraction of sp³-hybridized carbons (Fsp3) is 0.619. The molecule has 0 spiro atoms. The Morgan fingerprint density at radius 1 is 1.10 bits per heavy atom. The summed E-state index contributed by atoms with van der Waals surface area (Å²) in [6.07, 6.45) is 2.07. The summed E-state index contributed by atoms with van der Waals surface area (Å²) in [7, 11) is 3.42. The number of carbonyl (C=O) groups is 1. The van der Waals surface area contributed by atoms with E-state index in [9.17, 15) is 9.18 Å². The van der Waals surface area contributed by atoms with E-state index in [2.05, 4.69) is 20.1 Å². The van der Waals surface area contributed by atoms with Crippen LogP contribution in [-0.2, 0) is 9.53 Å². The molecule has 0 radical (unpaired) electrons. The number of methoxy groups -OCH3 is 1. The SMILES string of the molecule is CN=C(NCC(OC)c1ccc(F)cc1)N1CCN(CC(=O)N2CCCC2)CC1.I. The molecule has 1 aromatic rings. The summed E-state index contributed by atoms with van der Waals surface area (Å²) >= 11 is 0. The van der Waals surface area contributed by atoms with Gasteiger partial charge in [-0.25, -0.2) is 4.39 Å². The number of hydrogen-bond acceptors (Lipinski definition) is 4. The number of piperazine rings is 1. The number of rotatable bonds is 6. The van der Waals surface area contributed by atoms with Crippen LogP contribution < -0.4 is 5.32 Å². The summed E-state index contributed by atoms with van der Waals surface area (Å²) in [6.45, 7) is 6.19. The van der Waals surface area contributed by atoms with E-state index in [1.165, 1.54) is 12.1 Å². The van der Waals surface area contributed by atoms with Gasteiger partial charge >= 0.3 is 0 Å². The van der Waals surface area contributed by atoms with Gasteiger partial charge in [0.15, 0.2) is 5.96 Å². The number of amides is 1. The lowest BCUT2D eigenvalue weighted by Gasteiger charge is -2.37. The van der Waals surface area contributed by atoms with E-state index in [1.807, 2.05) is 4.90 Å². The van der Waals surface area contributed by atoms with Crippen LogP contribution in [0.15, 0.2) is 29.3 Å². The highest BCUT2D eigenvalue weighted by atomic mass is 127. The molecule has 168 valence electrons. The molecule has 1 unspecified atom stereocenters. The largest absolute Gasteiger partial charge is 0.375 e. The molecule has 1 amide bonds. The van der Waals surface area contributed by atoms with E-state index >= 15 is 0 Å². The molecular weight excluding hydrogens is 500 g/mol. The molecule has 1 atom stereocenters. The van der Waals surface area contributed by atoms with Crippen molar-refractivity contribution in [2.45, 2.75) is 18.9 Å². The first-order valence-electron chi connectivity index (χ1n) is 10.3. The van der Waals surface area contributed by atoms with Crippen LogP contribution >= 0.6 is 24.0 Å². The summed E-state index contributed by atoms with van der Waals surface area (Å²) in [5, 5.41) is 3.37. The number of aliphatic imine (C=N–C) groups is 1. The summed E-state index contributed by atoms with van der Waals surface area (Å²) in [4.78, 5) is 23.2. The van der Waals surface area contributed by atoms with E-state index in [-0.39, 0.29) is 41.8 Å². The molecule has 3 rings (SSSR count). The number of nitrogens with one attached hydrogen (secondary N) is 1. The van der Waals surface area contributed by atoms with Crippen LogP contribution in [0.1, 0.15) is 24.5 Å². The average molecular weight is 533 g/mol. The number of guanidine groups is 1. The van der Waals surface area contributed by atoms with Crippen molar-refractivity contribution in [1.82, 2.24) is 20.0 Å². The van der Waals surface area contributed by atoms with Gasteiger partial charge in [0.25, 0.3) is 0 Å². The minimum Gasteiger partial charge on any atom is -0.375 e. The Morgan fingerprint density at radius 2 is 1.73 bits per heavy atom. The molecule has 2 heterocycles. The molecule has 0 bridgehead atoms. The van der Waals surface area contributed by atoms with Crippen molar-refractivity contribution in [1.29, 1.82) is 0 Å². The van der Waals surface area contributed by atoms with Gasteiger partial charge in [-0.3, -0.25) is 14.7 Å². The van der Waals surface area contributed by atoms with Crippen LogP contribution in [0.4, 0.5) is 4.39 Å². The van der Waals surface area contributed by atoms with Crippen LogP contribution in [0.5, 0.6) is 0 Å². The quantitative estimate of drug-likeness (QED) is 0.344. The number of benzene rings is 1. The van der Waals surface area contributed by atoms with E-state index in [1.54, 1.807) is 26.3 Å². The molecule has 9 heteroatoms. The average Bonchev–Trinajstić information content (AvgIpc) is 3.28. The first kappa shape index (κ1) is 24.8. The number of hydrogen-bond donors (Lipinski definition) is 1. The van der Waals surface area contributed by atoms with Gasteiger partial charge in [-0.05, 0) is 30.5 Å². The molecule has 7 nitrogen and oxygen atoms in total. The molecule has 0 aromatic heterocycles. The maximum atomic E-state index is 13.2. The van der Waals surface area contributed by atoms with Crippen molar-refractivity contribution in [3.63, 3.8) is 0 Å². The number of ether oxygens (including phenoxy) is 1. The van der Waals surface area contributed by atoms with Gasteiger partial charge in [-0.1, -0.05) is 12.1 Å². The highest BCUT2D eigenvalue weighted by Gasteiger charge is 2.25. The Hall–Kier alpha value is -1.46. The van der Waals surface area contributed by atoms with Gasteiger partial charge in [0.2, 0.25) is 5.91 Å². The van der Waals surface area contributed by atoms with Crippen molar-refractivity contribution in [2.24, 2.45) is 4.99 Å². The van der Waals surface area contributed by atoms with E-state index in [0.717, 1.165) is 63.6 Å². The lowest BCUT2D eigenvalue weighted by atomic mass is 10.1. The monoisotopic (exact) mass is 533 g/mol. The van der Waals surface area contributed by atoms with Crippen LogP contribution in [-0.4, -0.2) is 93.1 Å². The fourth-order valence-electron chi connectivity index (χ4n) is 3.91. The topological polar surface area (TPSA) is 60.4 Å². The summed E-state index contributed by atoms with van der Waals surface area (Å²) in [5.74, 6) is 0.814. The highest BCUT2D eigenvalue weighted by molar-refractivity contribution is 14.0. The Bertz CT molecular complexity index is 689. The predicted octanol–water partition coefficient (Wildman–Crippen LogP) is 1.95. The Morgan fingerprint density at radius 3 is 2.30 bits per heavy atom. The van der Waals surface area contributed by atoms with Gasteiger partial charge in [0.05, 0.1) is 12.6 Å². The molecular formula is C21H33FIN5O2. The van der Waals surface area contributed by atoms with Gasteiger partial charge in [-0.15, -0.1) is 24.0 Å². The molecule has 0 aliphatic carbocycles. The third kappa shape index (κ3) is 6.78. The normalized spacial score (nSPS) is 18.8. The third-order valence-electron chi connectivity index (χ3n) is 5.67. The third-order valence-corrected chi connectivity index (χ3v) is 5.67. The van der Waals surface area contributed by atoms with E-state index in [4.69, 9.17) is 4.74 Å². The molecule has 2 aliphatic heterocycles. The van der Waals surface area contributed by atoms with Crippen molar-refractivity contribution in [3.05, 3.63) is 35.6 Å². The molecule has 30 heavy (non-hydrogen) atoms. The molecule has 1 N–H and O–H groups in total. The van der Waals surface area contributed by atoms with Crippen LogP contribution in [0.2, 0.25) is 0 Å². The van der Waals surface area contributed by atoms with Crippen molar-refractivity contribution < 1.29 is 13.9 Å². The number of likely N-dealkylation sites (tertiary alicyclic amines) is 1. The first-order chi connectivity index (χ1) is 14.1. The van der Waals surface area contributed by atoms with Gasteiger partial charge in [0, 0.05) is 60.0 Å². The van der Waals surface area contributed by atoms with Crippen LogP contribution in [0.3, 0.4) is 0 Å². The second-order valence-electron chi connectivity index (χ2n) is 7.56. The van der Waals surface area contributed by atoms with Crippen molar-refractivity contribution in [2.75, 3.05) is 66.5 Å². The predicted molar refractivity (Wildman–Crippen MR) is 127 cm³/mol. The first-order valence-corrected chi connectivity index (χ1v) is 10.3. The van der Waals surface area contributed by atoms with Crippen LogP contribution in [0, 0.1) is 5.82 Å². The van der Waals surface area contributed by atoms with Gasteiger partial charge in [-0.2, -0.15) is 0 Å². The second kappa shape index (κ2) is 12.4. The molecule has 2 fully saturated rings. The van der Waals surface area contributed by atoms with Gasteiger partial charge in [0.1, 0.15) is 5.82 Å². The Labute approximate surface area is 195 Å². The fourth-order valence-corrected chi connectivity index (χ4v) is 3.91. The van der Waals surface area contributed by atoms with E-state index in [0.29, 0.717) is 13.1 Å². The highest BCUT2D eigenvalue weighted by Crippen LogP contribution is 2.16. The molecule has 2 aliphatic rings. The second-order valence-corrected chi connectivity index (χ2v) is 7.56. The molecule has 2 saturated heterocycles. The summed E-state index contributed by atoms with van der Waals surface area (Å²) in [5.41, 5.74) is 0.919. The smallest absolute Gasteiger partial charge is 0.236 e. The summed E-state index contributed by atoms with van der Waals surface area (Å²) in [6, 6.07) is 6.37. The van der Waals surface area contributed by atoms with Gasteiger partial charge < -0.3 is 19.9 Å². The number of nitrogens with zero attached hydrogens (tertiary/aromatic N) is 4. The lowest BCUT2D eigenvalue weighted by Crippen LogP contribution is -2.54. The zero-order valence-electron chi connectivity index (χ0n) is 17.8. The molecule has 0 saturated carbocycles. The maximum Gasteiger partial charge on any atom is 0.236 e. The Balaban J connectivity index is 0.00000320. The summed E-state index contributed by atoms with van der Waals surface area (Å²) < 4.78 is 18.7. The zero-order chi connectivity index (χ0) is 20.6. The lowest BCUT2D eigenvalue weighted by molar-refractivity contribution is -0.131. The maximum absolute atomic E-state index is 13.2. The van der Waals surface area contributed by atoms with Crippen molar-refractivity contribution in [3.8, 4) is 0 Å². The minimum atomic E-state index is -0.256. The van der Waals surface area contributed by atoms with Crippen LogP contribution in [0.25, 0.3) is 0 Å².